The first-order valence-corrected chi connectivity index (χ1v) is 10.5. The molecular weight excluding hydrogens is 412 g/mol. The maximum absolute atomic E-state index is 13.0. The first-order valence-electron chi connectivity index (χ1n) is 10.5. The van der Waals surface area contributed by atoms with Crippen LogP contribution in [0.5, 0.6) is 11.5 Å². The number of rotatable bonds is 5. The molecule has 32 heavy (non-hydrogen) atoms. The Bertz CT molecular complexity index is 1160. The largest absolute Gasteiger partial charge is 0.486 e. The number of fused-ring (bicyclic) bond motifs is 1. The number of hydrogen-bond acceptors (Lipinski definition) is 7. The maximum Gasteiger partial charge on any atom is 0.248 e. The molecule has 2 aliphatic rings. The van der Waals surface area contributed by atoms with Crippen molar-refractivity contribution in [1.29, 1.82) is 0 Å². The van der Waals surface area contributed by atoms with Crippen molar-refractivity contribution in [1.82, 2.24) is 25.1 Å². The van der Waals surface area contributed by atoms with Crippen molar-refractivity contribution in [2.24, 2.45) is 5.73 Å². The highest BCUT2D eigenvalue weighted by Crippen LogP contribution is 2.38. The fraction of sp³-hybridized carbons (Fsp3) is 0.318. The molecular formula is C22H22N6O4. The van der Waals surface area contributed by atoms with E-state index in [1.54, 1.807) is 24.3 Å². The number of tetrazole rings is 1. The van der Waals surface area contributed by atoms with Crippen LogP contribution in [0.1, 0.15) is 34.8 Å². The number of ether oxygens (including phenoxy) is 2. The lowest BCUT2D eigenvalue weighted by atomic mass is 10.0. The van der Waals surface area contributed by atoms with Gasteiger partial charge in [-0.2, -0.15) is 4.80 Å². The lowest BCUT2D eigenvalue weighted by Crippen LogP contribution is -2.34. The molecule has 0 aliphatic carbocycles. The van der Waals surface area contributed by atoms with Gasteiger partial charge < -0.3 is 20.1 Å². The highest BCUT2D eigenvalue weighted by molar-refractivity contribution is 5.93. The molecule has 3 aromatic rings. The van der Waals surface area contributed by atoms with Gasteiger partial charge in [0.05, 0.1) is 6.04 Å². The van der Waals surface area contributed by atoms with E-state index >= 15 is 0 Å². The van der Waals surface area contributed by atoms with E-state index < -0.39 is 5.91 Å². The standard InChI is InChI=1S/C22H22N6O4/c23-21(30)14-3-5-15(6-4-14)22-24-26-28(25-22)13-20(29)27-9-1-2-17(27)16-7-8-18-19(12-16)32-11-10-31-18/h3-8,12,17H,1-2,9-11,13H2,(H2,23,30). The third-order valence-electron chi connectivity index (χ3n) is 5.68. The third kappa shape index (κ3) is 3.86. The molecule has 1 unspecified atom stereocenters. The lowest BCUT2D eigenvalue weighted by Gasteiger charge is -2.26. The Hall–Kier alpha value is -3.95. The molecule has 1 saturated heterocycles. The average Bonchev–Trinajstić information content (AvgIpc) is 3.49. The highest BCUT2D eigenvalue weighted by atomic mass is 16.6. The Morgan fingerprint density at radius 2 is 1.84 bits per heavy atom. The minimum Gasteiger partial charge on any atom is -0.486 e. The number of primary amides is 1. The number of benzene rings is 2. The molecule has 0 spiro atoms. The van der Waals surface area contributed by atoms with Crippen LogP contribution >= 0.6 is 0 Å². The summed E-state index contributed by atoms with van der Waals surface area (Å²) in [5.41, 5.74) is 7.38. The zero-order valence-electron chi connectivity index (χ0n) is 17.3. The Kier molecular flexibility index (Phi) is 5.18. The van der Waals surface area contributed by atoms with Gasteiger partial charge >= 0.3 is 0 Å². The monoisotopic (exact) mass is 434 g/mol. The van der Waals surface area contributed by atoms with Crippen LogP contribution in [0.15, 0.2) is 42.5 Å². The molecule has 164 valence electrons. The molecule has 2 N–H and O–H groups in total. The molecule has 2 amide bonds. The van der Waals surface area contributed by atoms with Crippen molar-refractivity contribution in [3.05, 3.63) is 53.6 Å². The number of carbonyl (C=O) groups excluding carboxylic acids is 2. The molecule has 10 heteroatoms. The van der Waals surface area contributed by atoms with Crippen molar-refractivity contribution in [3.63, 3.8) is 0 Å². The Balaban J connectivity index is 1.29. The van der Waals surface area contributed by atoms with Crippen molar-refractivity contribution in [2.75, 3.05) is 19.8 Å². The first-order chi connectivity index (χ1) is 15.6. The number of carbonyl (C=O) groups is 2. The van der Waals surface area contributed by atoms with Gasteiger partial charge in [-0.3, -0.25) is 9.59 Å². The minimum absolute atomic E-state index is 0.00653. The molecule has 2 aromatic carbocycles. The summed E-state index contributed by atoms with van der Waals surface area (Å²) in [5, 5.41) is 12.4. The van der Waals surface area contributed by atoms with Crippen LogP contribution < -0.4 is 15.2 Å². The smallest absolute Gasteiger partial charge is 0.248 e. The van der Waals surface area contributed by atoms with Crippen LogP contribution in [0.25, 0.3) is 11.4 Å². The number of amides is 2. The number of aromatic nitrogens is 4. The molecule has 1 atom stereocenters. The third-order valence-corrected chi connectivity index (χ3v) is 5.68. The summed E-state index contributed by atoms with van der Waals surface area (Å²) < 4.78 is 11.3. The van der Waals surface area contributed by atoms with Gasteiger partial charge in [-0.25, -0.2) is 0 Å². The summed E-state index contributed by atoms with van der Waals surface area (Å²) in [6.45, 7) is 1.74. The fourth-order valence-electron chi connectivity index (χ4n) is 4.10. The second-order valence-electron chi connectivity index (χ2n) is 7.73. The van der Waals surface area contributed by atoms with E-state index in [0.717, 1.165) is 29.9 Å². The normalized spacial score (nSPS) is 17.4. The lowest BCUT2D eigenvalue weighted by molar-refractivity contribution is -0.133. The quantitative estimate of drug-likeness (QED) is 0.646. The highest BCUT2D eigenvalue weighted by Gasteiger charge is 2.31. The van der Waals surface area contributed by atoms with Gasteiger partial charge in [0, 0.05) is 17.7 Å². The second kappa shape index (κ2) is 8.29. The van der Waals surface area contributed by atoms with E-state index in [-0.39, 0.29) is 18.5 Å². The van der Waals surface area contributed by atoms with E-state index in [9.17, 15) is 9.59 Å². The summed E-state index contributed by atoms with van der Waals surface area (Å²) in [5.74, 6) is 1.25. The molecule has 1 fully saturated rings. The molecule has 0 bridgehead atoms. The molecule has 0 radical (unpaired) electrons. The van der Waals surface area contributed by atoms with E-state index in [1.807, 2.05) is 23.1 Å². The Morgan fingerprint density at radius 1 is 1.06 bits per heavy atom. The van der Waals surface area contributed by atoms with E-state index in [0.29, 0.717) is 36.7 Å². The Labute approximate surface area is 183 Å². The van der Waals surface area contributed by atoms with Gasteiger partial charge in [0.15, 0.2) is 11.5 Å². The molecule has 0 saturated carbocycles. The van der Waals surface area contributed by atoms with Crippen molar-refractivity contribution in [3.8, 4) is 22.9 Å². The van der Waals surface area contributed by atoms with Crippen LogP contribution in [-0.2, 0) is 11.3 Å². The molecule has 10 nitrogen and oxygen atoms in total. The Morgan fingerprint density at radius 3 is 2.62 bits per heavy atom. The fourth-order valence-corrected chi connectivity index (χ4v) is 4.10. The molecule has 5 rings (SSSR count). The van der Waals surface area contributed by atoms with E-state index in [4.69, 9.17) is 15.2 Å². The first kappa shape index (κ1) is 20.0. The zero-order chi connectivity index (χ0) is 22.1. The predicted molar refractivity (Wildman–Crippen MR) is 113 cm³/mol. The van der Waals surface area contributed by atoms with Crippen LogP contribution in [0.3, 0.4) is 0 Å². The van der Waals surface area contributed by atoms with E-state index in [2.05, 4.69) is 15.4 Å². The van der Waals surface area contributed by atoms with Crippen LogP contribution in [0.4, 0.5) is 0 Å². The number of nitrogens with two attached hydrogens (primary N) is 1. The summed E-state index contributed by atoms with van der Waals surface area (Å²) in [7, 11) is 0. The van der Waals surface area contributed by atoms with Crippen molar-refractivity contribution >= 4 is 11.8 Å². The minimum atomic E-state index is -0.503. The van der Waals surface area contributed by atoms with Gasteiger partial charge in [-0.05, 0) is 47.9 Å². The summed E-state index contributed by atoms with van der Waals surface area (Å²) in [6.07, 6.45) is 1.81. The van der Waals surface area contributed by atoms with E-state index in [1.165, 1.54) is 4.80 Å². The average molecular weight is 434 g/mol. The second-order valence-corrected chi connectivity index (χ2v) is 7.73. The zero-order valence-corrected chi connectivity index (χ0v) is 17.3. The SMILES string of the molecule is NC(=O)c1ccc(-c2nnn(CC(=O)N3CCCC3c3ccc4c(c3)OCCO4)n2)cc1. The number of hydrogen-bond donors (Lipinski definition) is 1. The van der Waals surface area contributed by atoms with Crippen LogP contribution in [0.2, 0.25) is 0 Å². The summed E-state index contributed by atoms with van der Waals surface area (Å²) in [6, 6.07) is 12.4. The predicted octanol–water partition coefficient (Wildman–Crippen LogP) is 1.57. The number of nitrogens with zero attached hydrogens (tertiary/aromatic N) is 5. The van der Waals surface area contributed by atoms with Crippen molar-refractivity contribution in [2.45, 2.75) is 25.4 Å². The molecule has 2 aliphatic heterocycles. The van der Waals surface area contributed by atoms with Crippen LogP contribution in [-0.4, -0.2) is 56.7 Å². The van der Waals surface area contributed by atoms with Gasteiger partial charge in [0.2, 0.25) is 17.6 Å². The number of likely N-dealkylation sites (tertiary alicyclic amines) is 1. The van der Waals surface area contributed by atoms with Gasteiger partial charge in [-0.1, -0.05) is 18.2 Å². The van der Waals surface area contributed by atoms with Crippen LogP contribution in [0, 0.1) is 0 Å². The molecule has 3 heterocycles. The van der Waals surface area contributed by atoms with Gasteiger partial charge in [0.25, 0.3) is 0 Å². The maximum atomic E-state index is 13.0. The van der Waals surface area contributed by atoms with Crippen molar-refractivity contribution < 1.29 is 19.1 Å². The molecule has 1 aromatic heterocycles. The summed E-state index contributed by atoms with van der Waals surface area (Å²) >= 11 is 0. The van der Waals surface area contributed by atoms with Gasteiger partial charge in [-0.15, -0.1) is 10.2 Å². The summed E-state index contributed by atoms with van der Waals surface area (Å²) in [4.78, 5) is 27.4. The topological polar surface area (TPSA) is 125 Å². The van der Waals surface area contributed by atoms with Gasteiger partial charge in [0.1, 0.15) is 19.8 Å².